The number of carbonyl (C=O) groups excluding carboxylic acids is 2. The van der Waals surface area contributed by atoms with Gasteiger partial charge in [0.1, 0.15) is 11.1 Å². The summed E-state index contributed by atoms with van der Waals surface area (Å²) in [6.45, 7) is 6.99. The smallest absolute Gasteiger partial charge is 0.329 e. The summed E-state index contributed by atoms with van der Waals surface area (Å²) in [4.78, 5) is 44.0. The Morgan fingerprint density at radius 1 is 0.885 bits per heavy atom. The highest BCUT2D eigenvalue weighted by Gasteiger charge is 2.41. The molecule has 8 nitrogen and oxygen atoms in total. The summed E-state index contributed by atoms with van der Waals surface area (Å²) in [6, 6.07) is 0. The average Bonchev–Trinajstić information content (AvgIpc) is 2.56. The molecule has 8 heteroatoms. The minimum absolute atomic E-state index is 0.185. The summed E-state index contributed by atoms with van der Waals surface area (Å²) in [6.07, 6.45) is 6.71. The Hall–Kier alpha value is -2.64. The van der Waals surface area contributed by atoms with Gasteiger partial charge in [-0.15, -0.1) is 13.2 Å². The molecule has 26 heavy (non-hydrogen) atoms. The van der Waals surface area contributed by atoms with Crippen LogP contribution in [0.1, 0.15) is 51.4 Å². The van der Waals surface area contributed by atoms with Crippen molar-refractivity contribution in [2.45, 2.75) is 62.4 Å². The lowest BCUT2D eigenvalue weighted by molar-refractivity contribution is -0.149. The normalized spacial score (nSPS) is 27.8. The van der Waals surface area contributed by atoms with Crippen LogP contribution in [0.2, 0.25) is 0 Å². The molecule has 0 bridgehead atoms. The summed E-state index contributed by atoms with van der Waals surface area (Å²) >= 11 is 0. The zero-order chi connectivity index (χ0) is 19.8. The standard InChI is InChI=1S/2C9H13NO3/c2*1-2-5-9(8(12)13)6-3-4-7(11)10-9/h2*2H,1,3-6H2,(H,10,11)(H,12,13)/t2*9-/m10/s1. The zero-order valence-electron chi connectivity index (χ0n) is 14.8. The number of carboxylic acids is 2. The van der Waals surface area contributed by atoms with Gasteiger partial charge < -0.3 is 20.8 Å². The van der Waals surface area contributed by atoms with Gasteiger partial charge in [-0.05, 0) is 38.5 Å². The van der Waals surface area contributed by atoms with E-state index in [4.69, 9.17) is 10.2 Å². The second kappa shape index (κ2) is 9.17. The highest BCUT2D eigenvalue weighted by Crippen LogP contribution is 2.25. The molecule has 0 unspecified atom stereocenters. The maximum Gasteiger partial charge on any atom is 0.329 e. The van der Waals surface area contributed by atoms with E-state index in [1.807, 2.05) is 0 Å². The molecule has 2 heterocycles. The van der Waals surface area contributed by atoms with Crippen LogP contribution < -0.4 is 10.6 Å². The molecule has 0 radical (unpaired) electrons. The SMILES string of the molecule is C=CC[C@@]1(C(=O)O)CCCC(=O)N1.C=CC[C@]1(C(=O)O)CCCC(=O)N1. The summed E-state index contributed by atoms with van der Waals surface area (Å²) in [7, 11) is 0. The highest BCUT2D eigenvalue weighted by atomic mass is 16.4. The minimum atomic E-state index is -1.10. The van der Waals surface area contributed by atoms with Crippen molar-refractivity contribution in [3.8, 4) is 0 Å². The summed E-state index contributed by atoms with van der Waals surface area (Å²) in [5.41, 5.74) is -2.20. The van der Waals surface area contributed by atoms with E-state index in [0.29, 0.717) is 38.5 Å². The Bertz CT molecular complexity index is 550. The van der Waals surface area contributed by atoms with Gasteiger partial charge in [-0.1, -0.05) is 12.2 Å². The van der Waals surface area contributed by atoms with Crippen molar-refractivity contribution in [1.29, 1.82) is 0 Å². The van der Waals surface area contributed by atoms with Crippen LogP contribution in [0.4, 0.5) is 0 Å². The lowest BCUT2D eigenvalue weighted by Crippen LogP contribution is -2.56. The van der Waals surface area contributed by atoms with Gasteiger partial charge in [-0.2, -0.15) is 0 Å². The van der Waals surface area contributed by atoms with Crippen molar-refractivity contribution in [1.82, 2.24) is 10.6 Å². The molecule has 2 rings (SSSR count). The first-order valence-corrected chi connectivity index (χ1v) is 8.52. The van der Waals surface area contributed by atoms with Crippen molar-refractivity contribution in [3.05, 3.63) is 25.3 Å². The third-order valence-corrected chi connectivity index (χ3v) is 4.58. The van der Waals surface area contributed by atoms with Crippen LogP contribution in [-0.2, 0) is 19.2 Å². The van der Waals surface area contributed by atoms with Gasteiger partial charge in [0, 0.05) is 12.8 Å². The lowest BCUT2D eigenvalue weighted by atomic mass is 9.86. The Morgan fingerprint density at radius 2 is 1.23 bits per heavy atom. The molecule has 0 spiro atoms. The van der Waals surface area contributed by atoms with E-state index in [-0.39, 0.29) is 24.7 Å². The molecule has 144 valence electrons. The van der Waals surface area contributed by atoms with E-state index < -0.39 is 23.0 Å². The molecule has 2 aliphatic rings. The molecule has 0 aromatic heterocycles. The maximum atomic E-state index is 11.0. The molecule has 0 aromatic carbocycles. The van der Waals surface area contributed by atoms with Gasteiger partial charge in [0.25, 0.3) is 0 Å². The molecule has 2 saturated heterocycles. The third kappa shape index (κ3) is 5.18. The predicted octanol–water partition coefficient (Wildman–Crippen LogP) is 1.37. The summed E-state index contributed by atoms with van der Waals surface area (Å²) < 4.78 is 0. The van der Waals surface area contributed by atoms with Crippen LogP contribution in [0.5, 0.6) is 0 Å². The lowest BCUT2D eigenvalue weighted by Gasteiger charge is -2.33. The fourth-order valence-electron chi connectivity index (χ4n) is 3.18. The molecular formula is C18H26N2O6. The van der Waals surface area contributed by atoms with Crippen molar-refractivity contribution in [3.63, 3.8) is 0 Å². The number of aliphatic carboxylic acids is 2. The van der Waals surface area contributed by atoms with Crippen LogP contribution in [0.15, 0.2) is 25.3 Å². The number of carbonyl (C=O) groups is 4. The monoisotopic (exact) mass is 366 g/mol. The topological polar surface area (TPSA) is 133 Å². The van der Waals surface area contributed by atoms with Crippen molar-refractivity contribution >= 4 is 23.8 Å². The molecule has 4 N–H and O–H groups in total. The first-order chi connectivity index (χ1) is 12.2. The Kier molecular flexibility index (Phi) is 7.55. The Morgan fingerprint density at radius 3 is 1.46 bits per heavy atom. The molecule has 2 aliphatic heterocycles. The van der Waals surface area contributed by atoms with Gasteiger partial charge >= 0.3 is 11.9 Å². The highest BCUT2D eigenvalue weighted by molar-refractivity contribution is 5.89. The summed E-state index contributed by atoms with van der Waals surface area (Å²) in [5.74, 6) is -2.31. The number of piperidine rings is 2. The van der Waals surface area contributed by atoms with E-state index in [9.17, 15) is 19.2 Å². The first kappa shape index (κ1) is 21.4. The molecule has 2 atom stereocenters. The van der Waals surface area contributed by atoms with Gasteiger partial charge in [0.15, 0.2) is 0 Å². The van der Waals surface area contributed by atoms with E-state index >= 15 is 0 Å². The fourth-order valence-corrected chi connectivity index (χ4v) is 3.18. The average molecular weight is 366 g/mol. The number of hydrogen-bond acceptors (Lipinski definition) is 4. The van der Waals surface area contributed by atoms with Crippen LogP contribution >= 0.6 is 0 Å². The third-order valence-electron chi connectivity index (χ3n) is 4.58. The van der Waals surface area contributed by atoms with Crippen LogP contribution in [0, 0.1) is 0 Å². The van der Waals surface area contributed by atoms with Crippen LogP contribution in [0.25, 0.3) is 0 Å². The second-order valence-electron chi connectivity index (χ2n) is 6.56. The first-order valence-electron chi connectivity index (χ1n) is 8.52. The van der Waals surface area contributed by atoms with E-state index in [1.165, 1.54) is 12.2 Å². The Balaban J connectivity index is 0.000000260. The predicted molar refractivity (Wildman–Crippen MR) is 94.3 cm³/mol. The number of hydrogen-bond donors (Lipinski definition) is 4. The van der Waals surface area contributed by atoms with Gasteiger partial charge in [0.2, 0.25) is 11.8 Å². The minimum Gasteiger partial charge on any atom is -0.479 e. The van der Waals surface area contributed by atoms with E-state index in [2.05, 4.69) is 23.8 Å². The molecule has 2 amide bonds. The van der Waals surface area contributed by atoms with Crippen molar-refractivity contribution in [2.24, 2.45) is 0 Å². The van der Waals surface area contributed by atoms with Crippen molar-refractivity contribution in [2.75, 3.05) is 0 Å². The fraction of sp³-hybridized carbons (Fsp3) is 0.556. The van der Waals surface area contributed by atoms with Gasteiger partial charge in [-0.25, -0.2) is 9.59 Å². The second-order valence-corrected chi connectivity index (χ2v) is 6.56. The zero-order valence-corrected chi connectivity index (χ0v) is 14.8. The summed E-state index contributed by atoms with van der Waals surface area (Å²) in [5, 5.41) is 23.0. The number of carboxylic acid groups (broad SMARTS) is 2. The maximum absolute atomic E-state index is 11.0. The molecule has 0 aliphatic carbocycles. The number of nitrogens with one attached hydrogen (secondary N) is 2. The van der Waals surface area contributed by atoms with Crippen LogP contribution in [0.3, 0.4) is 0 Å². The van der Waals surface area contributed by atoms with Crippen LogP contribution in [-0.4, -0.2) is 45.0 Å². The quantitative estimate of drug-likeness (QED) is 0.525. The van der Waals surface area contributed by atoms with Crippen molar-refractivity contribution < 1.29 is 29.4 Å². The van der Waals surface area contributed by atoms with E-state index in [1.54, 1.807) is 0 Å². The van der Waals surface area contributed by atoms with Gasteiger partial charge in [-0.3, -0.25) is 9.59 Å². The molecule has 0 saturated carbocycles. The molecule has 0 aromatic rings. The largest absolute Gasteiger partial charge is 0.479 e. The number of rotatable bonds is 6. The molecule has 2 fully saturated rings. The number of amides is 2. The Labute approximate surface area is 152 Å². The van der Waals surface area contributed by atoms with Gasteiger partial charge in [0.05, 0.1) is 0 Å². The van der Waals surface area contributed by atoms with E-state index in [0.717, 1.165) is 0 Å². The molecular weight excluding hydrogens is 340 g/mol.